The second-order valence-electron chi connectivity index (χ2n) is 6.85. The lowest BCUT2D eigenvalue weighted by atomic mass is 10.1. The predicted octanol–water partition coefficient (Wildman–Crippen LogP) is 2.18. The average molecular weight is 343 g/mol. The van der Waals surface area contributed by atoms with Crippen LogP contribution in [0.4, 0.5) is 5.69 Å². The summed E-state index contributed by atoms with van der Waals surface area (Å²) in [6.07, 6.45) is 4.51. The van der Waals surface area contributed by atoms with Crippen molar-refractivity contribution in [3.63, 3.8) is 0 Å². The maximum Gasteiger partial charge on any atom is 0.253 e. The van der Waals surface area contributed by atoms with Crippen molar-refractivity contribution >= 4 is 23.4 Å². The molecule has 2 aliphatic heterocycles. The predicted molar refractivity (Wildman–Crippen MR) is 95.4 cm³/mol. The van der Waals surface area contributed by atoms with Crippen LogP contribution in [-0.4, -0.2) is 53.7 Å². The van der Waals surface area contributed by atoms with Crippen molar-refractivity contribution in [3.05, 3.63) is 29.3 Å². The Kier molecular flexibility index (Phi) is 5.36. The van der Waals surface area contributed by atoms with E-state index in [2.05, 4.69) is 5.32 Å². The molecule has 1 aromatic rings. The van der Waals surface area contributed by atoms with E-state index in [0.29, 0.717) is 24.2 Å². The van der Waals surface area contributed by atoms with Gasteiger partial charge >= 0.3 is 0 Å². The lowest BCUT2D eigenvalue weighted by Crippen LogP contribution is -2.40. The standard InChI is InChI=1S/C19H25N3O3/c1-14-12-15(19(25)21-9-4-5-10-21)7-8-16(14)20-17(23)13-22-11-3-2-6-18(22)24/h7-8,12H,2-6,9-11,13H2,1H3,(H,20,23). The van der Waals surface area contributed by atoms with Crippen LogP contribution in [0.3, 0.4) is 0 Å². The maximum atomic E-state index is 12.4. The third-order valence-corrected chi connectivity index (χ3v) is 4.90. The van der Waals surface area contributed by atoms with Crippen molar-refractivity contribution in [2.75, 3.05) is 31.5 Å². The number of piperidine rings is 1. The highest BCUT2D eigenvalue weighted by atomic mass is 16.2. The SMILES string of the molecule is Cc1cc(C(=O)N2CCCC2)ccc1NC(=O)CN1CCCCC1=O. The minimum absolute atomic E-state index is 0.0460. The number of anilines is 1. The quantitative estimate of drug-likeness (QED) is 0.911. The number of nitrogens with one attached hydrogen (secondary N) is 1. The first-order valence-electron chi connectivity index (χ1n) is 9.02. The zero-order valence-corrected chi connectivity index (χ0v) is 14.7. The van der Waals surface area contributed by atoms with Crippen LogP contribution >= 0.6 is 0 Å². The Labute approximate surface area is 148 Å². The summed E-state index contributed by atoms with van der Waals surface area (Å²) in [6.45, 7) is 4.25. The molecule has 0 unspecified atom stereocenters. The zero-order chi connectivity index (χ0) is 17.8. The van der Waals surface area contributed by atoms with Crippen LogP contribution in [0.2, 0.25) is 0 Å². The Bertz CT molecular complexity index is 680. The van der Waals surface area contributed by atoms with E-state index >= 15 is 0 Å². The normalized spacial score (nSPS) is 17.7. The summed E-state index contributed by atoms with van der Waals surface area (Å²) < 4.78 is 0. The van der Waals surface area contributed by atoms with E-state index in [0.717, 1.165) is 44.3 Å². The second-order valence-corrected chi connectivity index (χ2v) is 6.85. The van der Waals surface area contributed by atoms with E-state index in [9.17, 15) is 14.4 Å². The molecule has 3 amide bonds. The Morgan fingerprint density at radius 2 is 1.80 bits per heavy atom. The molecule has 0 saturated carbocycles. The van der Waals surface area contributed by atoms with Gasteiger partial charge in [-0.2, -0.15) is 0 Å². The van der Waals surface area contributed by atoms with Gasteiger partial charge in [-0.15, -0.1) is 0 Å². The smallest absolute Gasteiger partial charge is 0.253 e. The molecule has 6 nitrogen and oxygen atoms in total. The monoisotopic (exact) mass is 343 g/mol. The molecule has 0 radical (unpaired) electrons. The number of rotatable bonds is 4. The number of hydrogen-bond donors (Lipinski definition) is 1. The van der Waals surface area contributed by atoms with Gasteiger partial charge in [-0.05, 0) is 56.4 Å². The van der Waals surface area contributed by atoms with Crippen LogP contribution in [0.1, 0.15) is 48.0 Å². The van der Waals surface area contributed by atoms with E-state index in [4.69, 9.17) is 0 Å². The maximum absolute atomic E-state index is 12.4. The molecule has 134 valence electrons. The Balaban J connectivity index is 1.61. The molecule has 0 aromatic heterocycles. The minimum atomic E-state index is -0.197. The van der Waals surface area contributed by atoms with Crippen LogP contribution in [0.25, 0.3) is 0 Å². The summed E-state index contributed by atoms with van der Waals surface area (Å²) in [5.74, 6) is -0.0981. The summed E-state index contributed by atoms with van der Waals surface area (Å²) in [5.41, 5.74) is 2.19. The molecule has 6 heteroatoms. The van der Waals surface area contributed by atoms with E-state index in [1.165, 1.54) is 0 Å². The minimum Gasteiger partial charge on any atom is -0.339 e. The van der Waals surface area contributed by atoms with Gasteiger partial charge in [0.05, 0.1) is 6.54 Å². The first-order valence-corrected chi connectivity index (χ1v) is 9.02. The Hall–Kier alpha value is -2.37. The Morgan fingerprint density at radius 3 is 2.48 bits per heavy atom. The van der Waals surface area contributed by atoms with E-state index in [-0.39, 0.29) is 24.3 Å². The number of nitrogens with zero attached hydrogens (tertiary/aromatic N) is 2. The molecule has 3 rings (SSSR count). The highest BCUT2D eigenvalue weighted by molar-refractivity contribution is 5.98. The van der Waals surface area contributed by atoms with Gasteiger partial charge < -0.3 is 15.1 Å². The number of aryl methyl sites for hydroxylation is 1. The molecule has 1 N–H and O–H groups in total. The third-order valence-electron chi connectivity index (χ3n) is 4.90. The number of likely N-dealkylation sites (tertiary alicyclic amines) is 2. The number of benzene rings is 1. The van der Waals surface area contributed by atoms with Crippen molar-refractivity contribution < 1.29 is 14.4 Å². The van der Waals surface area contributed by atoms with E-state index in [1.807, 2.05) is 17.9 Å². The first kappa shape index (κ1) is 17.5. The summed E-state index contributed by atoms with van der Waals surface area (Å²) in [4.78, 5) is 39.9. The fourth-order valence-corrected chi connectivity index (χ4v) is 3.43. The number of hydrogen-bond acceptors (Lipinski definition) is 3. The molecule has 2 saturated heterocycles. The fraction of sp³-hybridized carbons (Fsp3) is 0.526. The fourth-order valence-electron chi connectivity index (χ4n) is 3.43. The topological polar surface area (TPSA) is 69.7 Å². The molecule has 2 fully saturated rings. The molecule has 2 heterocycles. The number of carbonyl (C=O) groups is 3. The van der Waals surface area contributed by atoms with Gasteiger partial charge in [-0.3, -0.25) is 14.4 Å². The number of carbonyl (C=O) groups excluding carboxylic acids is 3. The largest absolute Gasteiger partial charge is 0.339 e. The van der Waals surface area contributed by atoms with Gasteiger partial charge in [0.2, 0.25) is 11.8 Å². The molecule has 2 aliphatic rings. The van der Waals surface area contributed by atoms with Gasteiger partial charge in [0, 0.05) is 37.3 Å². The lowest BCUT2D eigenvalue weighted by Gasteiger charge is -2.26. The van der Waals surface area contributed by atoms with Gasteiger partial charge in [-0.25, -0.2) is 0 Å². The molecule has 25 heavy (non-hydrogen) atoms. The van der Waals surface area contributed by atoms with Gasteiger partial charge in [0.15, 0.2) is 0 Å². The molecule has 0 aliphatic carbocycles. The molecular weight excluding hydrogens is 318 g/mol. The van der Waals surface area contributed by atoms with Crippen LogP contribution in [0.5, 0.6) is 0 Å². The second kappa shape index (κ2) is 7.68. The third kappa shape index (κ3) is 4.18. The summed E-state index contributed by atoms with van der Waals surface area (Å²) in [7, 11) is 0. The molecular formula is C19H25N3O3. The molecule has 0 bridgehead atoms. The van der Waals surface area contributed by atoms with E-state index in [1.54, 1.807) is 17.0 Å². The van der Waals surface area contributed by atoms with Crippen molar-refractivity contribution in [1.82, 2.24) is 9.80 Å². The summed E-state index contributed by atoms with van der Waals surface area (Å²) in [5, 5.41) is 2.86. The lowest BCUT2D eigenvalue weighted by molar-refractivity contribution is -0.136. The van der Waals surface area contributed by atoms with Crippen LogP contribution in [0, 0.1) is 6.92 Å². The summed E-state index contributed by atoms with van der Waals surface area (Å²) in [6, 6.07) is 5.35. The van der Waals surface area contributed by atoms with Crippen LogP contribution < -0.4 is 5.32 Å². The van der Waals surface area contributed by atoms with Gasteiger partial charge in [0.1, 0.15) is 0 Å². The Morgan fingerprint density at radius 1 is 1.08 bits per heavy atom. The van der Waals surface area contributed by atoms with Gasteiger partial charge in [-0.1, -0.05) is 0 Å². The molecule has 1 aromatic carbocycles. The van der Waals surface area contributed by atoms with Crippen LogP contribution in [0.15, 0.2) is 18.2 Å². The first-order chi connectivity index (χ1) is 12.0. The van der Waals surface area contributed by atoms with Crippen LogP contribution in [-0.2, 0) is 9.59 Å². The molecule has 0 atom stereocenters. The highest BCUT2D eigenvalue weighted by Crippen LogP contribution is 2.20. The summed E-state index contributed by atoms with van der Waals surface area (Å²) >= 11 is 0. The van der Waals surface area contributed by atoms with Crippen molar-refractivity contribution in [2.45, 2.75) is 39.0 Å². The zero-order valence-electron chi connectivity index (χ0n) is 14.7. The average Bonchev–Trinajstić information content (AvgIpc) is 3.12. The van der Waals surface area contributed by atoms with Crippen molar-refractivity contribution in [2.24, 2.45) is 0 Å². The van der Waals surface area contributed by atoms with Crippen molar-refractivity contribution in [1.29, 1.82) is 0 Å². The van der Waals surface area contributed by atoms with E-state index < -0.39 is 0 Å². The van der Waals surface area contributed by atoms with Gasteiger partial charge in [0.25, 0.3) is 5.91 Å². The molecule has 0 spiro atoms. The highest BCUT2D eigenvalue weighted by Gasteiger charge is 2.22. The number of amides is 3. The van der Waals surface area contributed by atoms with Crippen molar-refractivity contribution in [3.8, 4) is 0 Å².